The topological polar surface area (TPSA) is 35.5 Å². The Morgan fingerprint density at radius 1 is 1.44 bits per heavy atom. The van der Waals surface area contributed by atoms with Gasteiger partial charge in [-0.3, -0.25) is 0 Å². The average molecular weight is 332 g/mol. The van der Waals surface area contributed by atoms with Gasteiger partial charge >= 0.3 is 5.97 Å². The molecule has 0 aromatic heterocycles. The van der Waals surface area contributed by atoms with Gasteiger partial charge in [0.05, 0.1) is 10.7 Å². The van der Waals surface area contributed by atoms with E-state index < -0.39 is 6.10 Å². The molecule has 0 bridgehead atoms. The molecule has 1 unspecified atom stereocenters. The fourth-order valence-electron chi connectivity index (χ4n) is 1.53. The van der Waals surface area contributed by atoms with E-state index in [1.54, 1.807) is 0 Å². The van der Waals surface area contributed by atoms with E-state index in [1.165, 1.54) is 7.11 Å². The molecule has 3 nitrogen and oxygen atoms in total. The van der Waals surface area contributed by atoms with Crippen LogP contribution >= 0.6 is 22.6 Å². The summed E-state index contributed by atoms with van der Waals surface area (Å²) in [5.74, 6) is 0.802. The van der Waals surface area contributed by atoms with Gasteiger partial charge in [-0.15, -0.1) is 0 Å². The summed E-state index contributed by atoms with van der Waals surface area (Å²) < 4.78 is 11.5. The number of benzene rings is 1. The molecule has 0 saturated heterocycles. The highest BCUT2D eigenvalue weighted by molar-refractivity contribution is 14.1. The maximum Gasteiger partial charge on any atom is 0.347 e. The first kappa shape index (κ1) is 11.7. The lowest BCUT2D eigenvalue weighted by molar-refractivity contribution is -0.149. The maximum atomic E-state index is 11.6. The Morgan fingerprint density at radius 3 is 2.69 bits per heavy atom. The molecule has 1 atom stereocenters. The van der Waals surface area contributed by atoms with Crippen LogP contribution in [0, 0.1) is 9.49 Å². The van der Waals surface area contributed by atoms with Crippen molar-refractivity contribution in [3.8, 4) is 5.75 Å². The number of ether oxygens (including phenoxy) is 2. The van der Waals surface area contributed by atoms with Crippen LogP contribution in [-0.2, 0) is 9.53 Å². The first-order chi connectivity index (χ1) is 7.72. The van der Waals surface area contributed by atoms with Crippen molar-refractivity contribution < 1.29 is 14.3 Å². The molecule has 4 heteroatoms. The van der Waals surface area contributed by atoms with Crippen LogP contribution < -0.4 is 4.74 Å². The Labute approximate surface area is 108 Å². The smallest absolute Gasteiger partial charge is 0.347 e. The van der Waals surface area contributed by atoms with Gasteiger partial charge in [0.25, 0.3) is 0 Å². The Bertz CT molecular complexity index is 388. The quantitative estimate of drug-likeness (QED) is 0.628. The summed E-state index contributed by atoms with van der Waals surface area (Å²) in [7, 11) is 1.40. The van der Waals surface area contributed by atoms with Crippen LogP contribution in [0.5, 0.6) is 5.75 Å². The minimum atomic E-state index is -0.444. The number of esters is 1. The van der Waals surface area contributed by atoms with E-state index in [4.69, 9.17) is 9.47 Å². The standard InChI is InChI=1S/C12H13IO3/c1-15-12(14)11(8-6-7-8)16-10-5-3-2-4-9(10)13/h2-5,8,11H,6-7H2,1H3. The number of para-hydroxylation sites is 1. The fraction of sp³-hybridized carbons (Fsp3) is 0.417. The van der Waals surface area contributed by atoms with E-state index in [0.717, 1.165) is 22.2 Å². The number of carbonyl (C=O) groups is 1. The molecule has 0 heterocycles. The van der Waals surface area contributed by atoms with E-state index >= 15 is 0 Å². The van der Waals surface area contributed by atoms with Crippen molar-refractivity contribution in [2.24, 2.45) is 5.92 Å². The Morgan fingerprint density at radius 2 is 2.12 bits per heavy atom. The summed E-state index contributed by atoms with van der Waals surface area (Å²) in [6, 6.07) is 7.68. The van der Waals surface area contributed by atoms with Crippen LogP contribution in [0.3, 0.4) is 0 Å². The summed E-state index contributed by atoms with van der Waals surface area (Å²) in [5, 5.41) is 0. The SMILES string of the molecule is COC(=O)C(Oc1ccccc1I)C1CC1. The normalized spacial score (nSPS) is 16.6. The van der Waals surface area contributed by atoms with Crippen LogP contribution in [0.15, 0.2) is 24.3 Å². The van der Waals surface area contributed by atoms with E-state index in [0.29, 0.717) is 5.92 Å². The van der Waals surface area contributed by atoms with Crippen molar-refractivity contribution in [3.05, 3.63) is 27.8 Å². The van der Waals surface area contributed by atoms with Crippen LogP contribution in [0.25, 0.3) is 0 Å². The van der Waals surface area contributed by atoms with E-state index in [2.05, 4.69) is 22.6 Å². The van der Waals surface area contributed by atoms with Gasteiger partial charge in [0.15, 0.2) is 6.10 Å². The molecule has 1 aliphatic carbocycles. The second kappa shape index (κ2) is 5.03. The third kappa shape index (κ3) is 2.66. The van der Waals surface area contributed by atoms with Crippen LogP contribution in [0.2, 0.25) is 0 Å². The van der Waals surface area contributed by atoms with Gasteiger partial charge in [0, 0.05) is 5.92 Å². The zero-order valence-corrected chi connectivity index (χ0v) is 11.1. The number of hydrogen-bond donors (Lipinski definition) is 0. The van der Waals surface area contributed by atoms with Crippen molar-refractivity contribution >= 4 is 28.6 Å². The first-order valence-electron chi connectivity index (χ1n) is 5.21. The molecule has 2 rings (SSSR count). The Kier molecular flexibility index (Phi) is 3.68. The molecule has 1 fully saturated rings. The molecule has 16 heavy (non-hydrogen) atoms. The minimum Gasteiger partial charge on any atom is -0.477 e. The molecule has 0 amide bonds. The number of hydrogen-bond acceptors (Lipinski definition) is 3. The fourth-order valence-corrected chi connectivity index (χ4v) is 2.04. The van der Waals surface area contributed by atoms with Crippen molar-refractivity contribution in [2.45, 2.75) is 18.9 Å². The van der Waals surface area contributed by atoms with Crippen molar-refractivity contribution in [1.29, 1.82) is 0 Å². The predicted molar refractivity (Wildman–Crippen MR) is 68.3 cm³/mol. The molecule has 0 spiro atoms. The summed E-state index contributed by atoms with van der Waals surface area (Å²) in [5.41, 5.74) is 0. The van der Waals surface area contributed by atoms with Crippen LogP contribution in [0.4, 0.5) is 0 Å². The molecular formula is C12H13IO3. The summed E-state index contributed by atoms with van der Waals surface area (Å²) in [4.78, 5) is 11.6. The molecule has 1 aromatic rings. The maximum absolute atomic E-state index is 11.6. The van der Waals surface area contributed by atoms with E-state index in [9.17, 15) is 4.79 Å². The average Bonchev–Trinajstić information content (AvgIpc) is 3.11. The summed E-state index contributed by atoms with van der Waals surface area (Å²) >= 11 is 2.20. The van der Waals surface area contributed by atoms with Crippen molar-refractivity contribution in [1.82, 2.24) is 0 Å². The second-order valence-electron chi connectivity index (χ2n) is 3.83. The molecule has 1 saturated carbocycles. The van der Waals surface area contributed by atoms with Gasteiger partial charge in [0.1, 0.15) is 5.75 Å². The lowest BCUT2D eigenvalue weighted by Gasteiger charge is -2.17. The summed E-state index contributed by atoms with van der Waals surface area (Å²) in [6.45, 7) is 0. The van der Waals surface area contributed by atoms with Crippen molar-refractivity contribution in [2.75, 3.05) is 7.11 Å². The van der Waals surface area contributed by atoms with Gasteiger partial charge in [0.2, 0.25) is 0 Å². The Balaban J connectivity index is 2.11. The van der Waals surface area contributed by atoms with Gasteiger partial charge in [-0.2, -0.15) is 0 Å². The highest BCUT2D eigenvalue weighted by Crippen LogP contribution is 2.36. The number of methoxy groups -OCH3 is 1. The largest absolute Gasteiger partial charge is 0.477 e. The first-order valence-corrected chi connectivity index (χ1v) is 6.29. The summed E-state index contributed by atoms with van der Waals surface area (Å²) in [6.07, 6.45) is 1.65. The highest BCUT2D eigenvalue weighted by Gasteiger charge is 2.39. The van der Waals surface area contributed by atoms with Gasteiger partial charge in [-0.25, -0.2) is 4.79 Å². The monoisotopic (exact) mass is 332 g/mol. The zero-order valence-electron chi connectivity index (χ0n) is 8.98. The number of carbonyl (C=O) groups excluding carboxylic acids is 1. The molecule has 1 aliphatic rings. The molecule has 1 aromatic carbocycles. The third-order valence-corrected chi connectivity index (χ3v) is 3.47. The molecule has 0 radical (unpaired) electrons. The van der Waals surface area contributed by atoms with E-state index in [1.807, 2.05) is 24.3 Å². The second-order valence-corrected chi connectivity index (χ2v) is 4.99. The molecule has 86 valence electrons. The van der Waals surface area contributed by atoms with Crippen LogP contribution in [-0.4, -0.2) is 19.2 Å². The lowest BCUT2D eigenvalue weighted by Crippen LogP contribution is -2.30. The number of halogens is 1. The predicted octanol–water partition coefficient (Wildman–Crippen LogP) is 2.62. The molecular weight excluding hydrogens is 319 g/mol. The molecule has 0 aliphatic heterocycles. The Hall–Kier alpha value is -0.780. The highest BCUT2D eigenvalue weighted by atomic mass is 127. The molecule has 0 N–H and O–H groups in total. The zero-order chi connectivity index (χ0) is 11.5. The number of rotatable bonds is 4. The van der Waals surface area contributed by atoms with Crippen LogP contribution in [0.1, 0.15) is 12.8 Å². The third-order valence-electron chi connectivity index (χ3n) is 2.57. The van der Waals surface area contributed by atoms with Gasteiger partial charge in [-0.1, -0.05) is 12.1 Å². The van der Waals surface area contributed by atoms with Crippen molar-refractivity contribution in [3.63, 3.8) is 0 Å². The minimum absolute atomic E-state index is 0.276. The lowest BCUT2D eigenvalue weighted by atomic mass is 10.2. The van der Waals surface area contributed by atoms with E-state index in [-0.39, 0.29) is 5.97 Å². The van der Waals surface area contributed by atoms with Gasteiger partial charge < -0.3 is 9.47 Å². The van der Waals surface area contributed by atoms with Gasteiger partial charge in [-0.05, 0) is 47.6 Å².